The van der Waals surface area contributed by atoms with Crippen LogP contribution in [0.25, 0.3) is 0 Å². The van der Waals surface area contributed by atoms with Crippen LogP contribution in [0.5, 0.6) is 0 Å². The molecule has 0 heterocycles. The van der Waals surface area contributed by atoms with Crippen LogP contribution in [0.1, 0.15) is 19.8 Å². The molecule has 0 aliphatic heterocycles. The van der Waals surface area contributed by atoms with Crippen molar-refractivity contribution in [1.29, 1.82) is 0 Å². The van der Waals surface area contributed by atoms with Gasteiger partial charge in [-0.2, -0.15) is 0 Å². The minimum Gasteiger partial charge on any atom is -0.381 e. The number of rotatable bonds is 3. The van der Waals surface area contributed by atoms with Gasteiger partial charge in [-0.25, -0.2) is 0 Å². The second kappa shape index (κ2) is 2.67. The van der Waals surface area contributed by atoms with Crippen molar-refractivity contribution in [1.82, 2.24) is 0 Å². The van der Waals surface area contributed by atoms with Crippen LogP contribution in [0.3, 0.4) is 0 Å². The highest BCUT2D eigenvalue weighted by Crippen LogP contribution is 2.34. The van der Waals surface area contributed by atoms with E-state index in [9.17, 15) is 0 Å². The molecule has 1 saturated carbocycles. The Morgan fingerprint density at radius 3 is 2.44 bits per heavy atom. The van der Waals surface area contributed by atoms with Gasteiger partial charge in [-0.05, 0) is 12.8 Å². The Hall–Kier alpha value is -0.0800. The molecule has 2 nitrogen and oxygen atoms in total. The third-order valence-corrected chi connectivity index (χ3v) is 2.07. The SMILES string of the molecule is CCC(OC)C1CC1N. The van der Waals surface area contributed by atoms with Crippen molar-refractivity contribution >= 4 is 0 Å². The van der Waals surface area contributed by atoms with Crippen LogP contribution in [0, 0.1) is 5.92 Å². The summed E-state index contributed by atoms with van der Waals surface area (Å²) in [5.74, 6) is 0.653. The Morgan fingerprint density at radius 1 is 1.78 bits per heavy atom. The Balaban J connectivity index is 2.23. The highest BCUT2D eigenvalue weighted by atomic mass is 16.5. The summed E-state index contributed by atoms with van der Waals surface area (Å²) in [7, 11) is 1.76. The minimum atomic E-state index is 0.417. The van der Waals surface area contributed by atoms with Crippen LogP contribution < -0.4 is 5.73 Å². The maximum absolute atomic E-state index is 5.64. The summed E-state index contributed by atoms with van der Waals surface area (Å²) < 4.78 is 5.21. The van der Waals surface area contributed by atoms with Crippen LogP contribution in [0.2, 0.25) is 0 Å². The van der Waals surface area contributed by atoms with Crippen molar-refractivity contribution in [3.05, 3.63) is 0 Å². The highest BCUT2D eigenvalue weighted by Gasteiger charge is 2.39. The van der Waals surface area contributed by atoms with Crippen LogP contribution >= 0.6 is 0 Å². The predicted octanol–water partition coefficient (Wildman–Crippen LogP) is 0.759. The number of hydrogen-bond acceptors (Lipinski definition) is 2. The van der Waals surface area contributed by atoms with Gasteiger partial charge in [-0.15, -0.1) is 0 Å². The Bertz CT molecular complexity index is 90.9. The van der Waals surface area contributed by atoms with Crippen LogP contribution in [-0.2, 0) is 4.74 Å². The van der Waals surface area contributed by atoms with Crippen molar-refractivity contribution in [2.24, 2.45) is 11.7 Å². The van der Waals surface area contributed by atoms with E-state index in [-0.39, 0.29) is 0 Å². The molecular formula is C7H15NO. The predicted molar refractivity (Wildman–Crippen MR) is 37.2 cm³/mol. The molecule has 0 saturated heterocycles. The summed E-state index contributed by atoms with van der Waals surface area (Å²) >= 11 is 0. The second-order valence-corrected chi connectivity index (χ2v) is 2.75. The lowest BCUT2D eigenvalue weighted by atomic mass is 10.2. The molecule has 1 aliphatic carbocycles. The molecule has 0 aromatic heterocycles. The molecule has 0 amide bonds. The first-order chi connectivity index (χ1) is 4.29. The normalized spacial score (nSPS) is 36.3. The molecule has 0 aromatic rings. The Kier molecular flexibility index (Phi) is 2.09. The zero-order chi connectivity index (χ0) is 6.85. The molecule has 1 aliphatic rings. The maximum Gasteiger partial charge on any atom is 0.0612 e. The van der Waals surface area contributed by atoms with Gasteiger partial charge in [-0.1, -0.05) is 6.92 Å². The van der Waals surface area contributed by atoms with E-state index in [0.29, 0.717) is 18.1 Å². The average Bonchev–Trinajstić information content (AvgIpc) is 2.51. The average molecular weight is 129 g/mol. The first kappa shape index (κ1) is 7.03. The standard InChI is InChI=1S/C7H15NO/c1-3-7(9-2)5-4-6(5)8/h5-7H,3-4,8H2,1-2H3. The fraction of sp³-hybridized carbons (Fsp3) is 1.00. The van der Waals surface area contributed by atoms with Crippen LogP contribution in [-0.4, -0.2) is 19.3 Å². The number of hydrogen-bond donors (Lipinski definition) is 1. The van der Waals surface area contributed by atoms with E-state index in [1.807, 2.05) is 0 Å². The lowest BCUT2D eigenvalue weighted by molar-refractivity contribution is 0.0799. The minimum absolute atomic E-state index is 0.417. The Labute approximate surface area is 56.4 Å². The van der Waals surface area contributed by atoms with Crippen molar-refractivity contribution in [2.75, 3.05) is 7.11 Å². The number of nitrogens with two attached hydrogens (primary N) is 1. The second-order valence-electron chi connectivity index (χ2n) is 2.75. The first-order valence-electron chi connectivity index (χ1n) is 3.58. The van der Waals surface area contributed by atoms with Gasteiger partial charge in [-0.3, -0.25) is 0 Å². The molecule has 0 spiro atoms. The number of ether oxygens (including phenoxy) is 1. The van der Waals surface area contributed by atoms with Gasteiger partial charge < -0.3 is 10.5 Å². The van der Waals surface area contributed by atoms with Gasteiger partial charge in [0.2, 0.25) is 0 Å². The zero-order valence-electron chi connectivity index (χ0n) is 6.13. The monoisotopic (exact) mass is 129 g/mol. The van der Waals surface area contributed by atoms with E-state index in [1.54, 1.807) is 7.11 Å². The third-order valence-electron chi connectivity index (χ3n) is 2.07. The van der Waals surface area contributed by atoms with Crippen molar-refractivity contribution in [2.45, 2.75) is 31.9 Å². The molecule has 54 valence electrons. The van der Waals surface area contributed by atoms with E-state index < -0.39 is 0 Å². The molecule has 2 heteroatoms. The Morgan fingerprint density at radius 2 is 2.33 bits per heavy atom. The summed E-state index contributed by atoms with van der Waals surface area (Å²) in [6, 6.07) is 0.426. The number of methoxy groups -OCH3 is 1. The maximum atomic E-state index is 5.64. The molecule has 0 bridgehead atoms. The van der Waals surface area contributed by atoms with Crippen molar-refractivity contribution in [3.8, 4) is 0 Å². The third kappa shape index (κ3) is 1.43. The zero-order valence-corrected chi connectivity index (χ0v) is 6.13. The van der Waals surface area contributed by atoms with Crippen LogP contribution in [0.15, 0.2) is 0 Å². The van der Waals surface area contributed by atoms with Gasteiger partial charge in [0.15, 0.2) is 0 Å². The first-order valence-corrected chi connectivity index (χ1v) is 3.58. The lowest BCUT2D eigenvalue weighted by Crippen LogP contribution is -2.17. The smallest absolute Gasteiger partial charge is 0.0612 e. The van der Waals surface area contributed by atoms with Gasteiger partial charge in [0.05, 0.1) is 6.10 Å². The molecule has 0 aromatic carbocycles. The summed E-state index contributed by atoms with van der Waals surface area (Å²) in [5.41, 5.74) is 5.64. The molecule has 1 fully saturated rings. The topological polar surface area (TPSA) is 35.2 Å². The summed E-state index contributed by atoms with van der Waals surface area (Å²) in [4.78, 5) is 0. The quantitative estimate of drug-likeness (QED) is 0.610. The molecule has 3 unspecified atom stereocenters. The molecular weight excluding hydrogens is 114 g/mol. The van der Waals surface area contributed by atoms with Gasteiger partial charge in [0.25, 0.3) is 0 Å². The fourth-order valence-electron chi connectivity index (χ4n) is 1.31. The lowest BCUT2D eigenvalue weighted by Gasteiger charge is -2.10. The fourth-order valence-corrected chi connectivity index (χ4v) is 1.31. The molecule has 1 rings (SSSR count). The molecule has 2 N–H and O–H groups in total. The molecule has 0 radical (unpaired) electrons. The van der Waals surface area contributed by atoms with Crippen molar-refractivity contribution in [3.63, 3.8) is 0 Å². The van der Waals surface area contributed by atoms with E-state index in [0.717, 1.165) is 12.8 Å². The van der Waals surface area contributed by atoms with E-state index >= 15 is 0 Å². The van der Waals surface area contributed by atoms with Crippen molar-refractivity contribution < 1.29 is 4.74 Å². The van der Waals surface area contributed by atoms with E-state index in [1.165, 1.54) is 0 Å². The highest BCUT2D eigenvalue weighted by molar-refractivity contribution is 4.94. The molecule has 3 atom stereocenters. The van der Waals surface area contributed by atoms with E-state index in [4.69, 9.17) is 10.5 Å². The van der Waals surface area contributed by atoms with Gasteiger partial charge in [0.1, 0.15) is 0 Å². The largest absolute Gasteiger partial charge is 0.381 e. The summed E-state index contributed by atoms with van der Waals surface area (Å²) in [6.07, 6.45) is 2.67. The van der Waals surface area contributed by atoms with Gasteiger partial charge >= 0.3 is 0 Å². The summed E-state index contributed by atoms with van der Waals surface area (Å²) in [6.45, 7) is 2.14. The van der Waals surface area contributed by atoms with Crippen LogP contribution in [0.4, 0.5) is 0 Å². The molecule has 9 heavy (non-hydrogen) atoms. The van der Waals surface area contributed by atoms with E-state index in [2.05, 4.69) is 6.92 Å². The van der Waals surface area contributed by atoms with Gasteiger partial charge in [0, 0.05) is 19.1 Å². The summed E-state index contributed by atoms with van der Waals surface area (Å²) in [5, 5.41) is 0.